The van der Waals surface area contributed by atoms with Crippen LogP contribution in [0.15, 0.2) is 95.4 Å². The first-order chi connectivity index (χ1) is 18.4. The van der Waals surface area contributed by atoms with Gasteiger partial charge in [0.05, 0.1) is 17.3 Å². The van der Waals surface area contributed by atoms with Crippen molar-refractivity contribution in [1.29, 1.82) is 0 Å². The van der Waals surface area contributed by atoms with Crippen LogP contribution < -0.4 is 9.64 Å². The van der Waals surface area contributed by atoms with Gasteiger partial charge in [-0.05, 0) is 60.2 Å². The highest BCUT2D eigenvalue weighted by molar-refractivity contribution is 7.80. The first-order valence-electron chi connectivity index (χ1n) is 12.1. The molecule has 5 aromatic rings. The highest BCUT2D eigenvalue weighted by Crippen LogP contribution is 2.32. The lowest BCUT2D eigenvalue weighted by atomic mass is 10.1. The zero-order valence-electron chi connectivity index (χ0n) is 20.7. The molecule has 0 saturated heterocycles. The highest BCUT2D eigenvalue weighted by atomic mass is 35.5. The largest absolute Gasteiger partial charge is 0.491 e. The molecular weight excluding hydrogens is 539 g/mol. The summed E-state index contributed by atoms with van der Waals surface area (Å²) in [5, 5.41) is 14.4. The van der Waals surface area contributed by atoms with Gasteiger partial charge in [-0.25, -0.2) is 0 Å². The molecule has 0 aliphatic rings. The van der Waals surface area contributed by atoms with E-state index in [1.54, 1.807) is 12.1 Å². The number of para-hydroxylation sites is 1. The molecule has 1 N–H and O–H groups in total. The van der Waals surface area contributed by atoms with Crippen LogP contribution in [0.2, 0.25) is 10.0 Å². The average Bonchev–Trinajstić information content (AvgIpc) is 3.29. The van der Waals surface area contributed by atoms with E-state index in [9.17, 15) is 5.11 Å². The van der Waals surface area contributed by atoms with Gasteiger partial charge in [-0.1, -0.05) is 71.7 Å². The number of hydrogen-bond acceptors (Lipinski definition) is 4. The van der Waals surface area contributed by atoms with Gasteiger partial charge in [-0.2, -0.15) is 0 Å². The molecule has 1 heterocycles. The fraction of sp³-hybridized carbons (Fsp3) is 0.167. The number of likely N-dealkylation sites (N-methyl/N-ethyl adjacent to an activating group) is 1. The number of fused-ring (bicyclic) bond motifs is 3. The van der Waals surface area contributed by atoms with Crippen LogP contribution in [0.3, 0.4) is 0 Å². The van der Waals surface area contributed by atoms with Gasteiger partial charge in [0.25, 0.3) is 0 Å². The van der Waals surface area contributed by atoms with Gasteiger partial charge in [-0.15, -0.1) is 0 Å². The third-order valence-corrected chi connectivity index (χ3v) is 7.29. The fourth-order valence-corrected chi connectivity index (χ4v) is 5.11. The van der Waals surface area contributed by atoms with Crippen LogP contribution in [-0.4, -0.2) is 41.4 Å². The lowest BCUT2D eigenvalue weighted by Crippen LogP contribution is -2.45. The lowest BCUT2D eigenvalue weighted by Gasteiger charge is -2.33. The molecule has 0 bridgehead atoms. The maximum Gasteiger partial charge on any atom is 0.176 e. The lowest BCUT2D eigenvalue weighted by molar-refractivity contribution is 0.0916. The monoisotopic (exact) mass is 564 g/mol. The van der Waals surface area contributed by atoms with Gasteiger partial charge in [0.15, 0.2) is 5.11 Å². The van der Waals surface area contributed by atoms with Crippen LogP contribution in [0.4, 0.5) is 5.69 Å². The third-order valence-electron chi connectivity index (χ3n) is 6.22. The number of aliphatic hydroxyl groups excluding tert-OH is 1. The van der Waals surface area contributed by atoms with Gasteiger partial charge in [0, 0.05) is 29.4 Å². The Kier molecular flexibility index (Phi) is 8.05. The SMILES string of the molecule is CN(C[C@H](O)COc1ccc2oc3ccccc3c2c1)C(=S)N(Cc1ccccc1)c1ccc(Cl)cc1Cl. The minimum absolute atomic E-state index is 0.106. The molecule has 1 aromatic heterocycles. The molecule has 0 saturated carbocycles. The van der Waals surface area contributed by atoms with Gasteiger partial charge in [0.1, 0.15) is 29.6 Å². The van der Waals surface area contributed by atoms with Crippen molar-refractivity contribution in [1.82, 2.24) is 4.90 Å². The van der Waals surface area contributed by atoms with E-state index in [4.69, 9.17) is 44.6 Å². The summed E-state index contributed by atoms with van der Waals surface area (Å²) < 4.78 is 11.8. The summed E-state index contributed by atoms with van der Waals surface area (Å²) in [5.41, 5.74) is 3.43. The van der Waals surface area contributed by atoms with E-state index < -0.39 is 6.10 Å². The molecule has 1 atom stereocenters. The van der Waals surface area contributed by atoms with Crippen LogP contribution in [0.25, 0.3) is 21.9 Å². The molecule has 0 unspecified atom stereocenters. The van der Waals surface area contributed by atoms with Gasteiger partial charge < -0.3 is 24.1 Å². The van der Waals surface area contributed by atoms with Gasteiger partial charge >= 0.3 is 0 Å². The zero-order chi connectivity index (χ0) is 26.6. The van der Waals surface area contributed by atoms with Crippen molar-refractivity contribution in [3.05, 3.63) is 107 Å². The van der Waals surface area contributed by atoms with E-state index in [1.165, 1.54) is 0 Å². The van der Waals surface area contributed by atoms with Crippen LogP contribution in [0.5, 0.6) is 5.75 Å². The molecule has 0 amide bonds. The van der Waals surface area contributed by atoms with E-state index >= 15 is 0 Å². The number of ether oxygens (including phenoxy) is 1. The second-order valence-corrected chi connectivity index (χ2v) is 10.3. The zero-order valence-corrected chi connectivity index (χ0v) is 23.0. The molecule has 0 spiro atoms. The Hall–Kier alpha value is -3.29. The normalized spacial score (nSPS) is 12.0. The molecule has 0 fully saturated rings. The maximum atomic E-state index is 10.8. The molecule has 0 aliphatic heterocycles. The molecule has 5 rings (SSSR count). The Labute approximate surface area is 236 Å². The number of rotatable bonds is 8. The standard InChI is InChI=1S/C30H26Cl2N2O3S/c1-33(30(38)34(17-20-7-3-2-4-8-20)27-13-11-21(31)15-26(27)32)18-22(35)19-36-23-12-14-29-25(16-23)24-9-5-6-10-28(24)37-29/h2-16,22,35H,17-19H2,1H3/t22-/m0/s1. The summed E-state index contributed by atoms with van der Waals surface area (Å²) in [7, 11) is 1.84. The number of furan rings is 1. The van der Waals surface area contributed by atoms with Crippen molar-refractivity contribution in [3.63, 3.8) is 0 Å². The van der Waals surface area contributed by atoms with E-state index in [2.05, 4.69) is 0 Å². The molecule has 5 nitrogen and oxygen atoms in total. The first kappa shape index (κ1) is 26.3. The number of halogens is 2. The summed E-state index contributed by atoms with van der Waals surface area (Å²) in [6.45, 7) is 0.886. The minimum Gasteiger partial charge on any atom is -0.491 e. The minimum atomic E-state index is -0.783. The van der Waals surface area contributed by atoms with E-state index in [0.29, 0.717) is 27.5 Å². The Morgan fingerprint density at radius 1 is 0.921 bits per heavy atom. The quantitative estimate of drug-likeness (QED) is 0.196. The number of hydrogen-bond donors (Lipinski definition) is 1. The molecule has 8 heteroatoms. The Bertz CT molecular complexity index is 1570. The van der Waals surface area contributed by atoms with E-state index in [1.807, 2.05) is 95.7 Å². The number of thiocarbonyl (C=S) groups is 1. The van der Waals surface area contributed by atoms with Crippen LogP contribution in [0.1, 0.15) is 5.56 Å². The third kappa shape index (κ3) is 5.89. The van der Waals surface area contributed by atoms with Crippen molar-refractivity contribution < 1.29 is 14.3 Å². The Morgan fingerprint density at radius 3 is 2.45 bits per heavy atom. The average molecular weight is 566 g/mol. The van der Waals surface area contributed by atoms with Gasteiger partial charge in [0.2, 0.25) is 0 Å². The second kappa shape index (κ2) is 11.6. The first-order valence-corrected chi connectivity index (χ1v) is 13.3. The van der Waals surface area contributed by atoms with Crippen molar-refractivity contribution in [2.45, 2.75) is 12.6 Å². The summed E-state index contributed by atoms with van der Waals surface area (Å²) in [6, 6.07) is 28.9. The van der Waals surface area contributed by atoms with Crippen molar-refractivity contribution in [3.8, 4) is 5.75 Å². The molecule has 194 valence electrons. The smallest absolute Gasteiger partial charge is 0.176 e. The van der Waals surface area contributed by atoms with Crippen molar-refractivity contribution in [2.75, 3.05) is 25.1 Å². The van der Waals surface area contributed by atoms with E-state index in [-0.39, 0.29) is 13.2 Å². The van der Waals surface area contributed by atoms with Crippen LogP contribution in [-0.2, 0) is 6.54 Å². The fourth-order valence-electron chi connectivity index (χ4n) is 4.36. The van der Waals surface area contributed by atoms with E-state index in [0.717, 1.165) is 33.2 Å². The van der Waals surface area contributed by atoms with Crippen molar-refractivity contribution >= 4 is 68.2 Å². The molecule has 4 aromatic carbocycles. The number of nitrogens with zero attached hydrogens (tertiary/aromatic N) is 2. The topological polar surface area (TPSA) is 49.1 Å². The predicted molar refractivity (Wildman–Crippen MR) is 160 cm³/mol. The summed E-state index contributed by atoms with van der Waals surface area (Å²) in [6.07, 6.45) is -0.783. The maximum absolute atomic E-state index is 10.8. The number of anilines is 1. The Balaban J connectivity index is 1.27. The summed E-state index contributed by atoms with van der Waals surface area (Å²) in [4.78, 5) is 3.76. The number of aliphatic hydroxyl groups is 1. The molecule has 0 radical (unpaired) electrons. The molecule has 0 aliphatic carbocycles. The molecule has 38 heavy (non-hydrogen) atoms. The Morgan fingerprint density at radius 2 is 1.66 bits per heavy atom. The summed E-state index contributed by atoms with van der Waals surface area (Å²) in [5.74, 6) is 0.659. The summed E-state index contributed by atoms with van der Waals surface area (Å²) >= 11 is 18.5. The van der Waals surface area contributed by atoms with Crippen LogP contribution >= 0.6 is 35.4 Å². The van der Waals surface area contributed by atoms with Crippen LogP contribution in [0, 0.1) is 0 Å². The highest BCUT2D eigenvalue weighted by Gasteiger charge is 2.21. The van der Waals surface area contributed by atoms with Gasteiger partial charge in [-0.3, -0.25) is 0 Å². The number of benzene rings is 4. The molecular formula is C30H26Cl2N2O3S. The predicted octanol–water partition coefficient (Wildman–Crippen LogP) is 7.56. The second-order valence-electron chi connectivity index (χ2n) is 9.05. The van der Waals surface area contributed by atoms with Crippen molar-refractivity contribution in [2.24, 2.45) is 0 Å².